The average Bonchev–Trinajstić information content (AvgIpc) is 3.20. The molecule has 0 radical (unpaired) electrons. The van der Waals surface area contributed by atoms with Gasteiger partial charge in [0.15, 0.2) is 5.82 Å². The Labute approximate surface area is 135 Å². The van der Waals surface area contributed by atoms with Gasteiger partial charge in [0.2, 0.25) is 5.91 Å². The maximum Gasteiger partial charge on any atom is 0.227 e. The molecule has 0 unspecified atom stereocenters. The zero-order valence-electron chi connectivity index (χ0n) is 13.3. The fraction of sp³-hybridized carbons (Fsp3) is 0.412. The third-order valence-electron chi connectivity index (χ3n) is 3.92. The summed E-state index contributed by atoms with van der Waals surface area (Å²) in [5.41, 5.74) is 2.30. The van der Waals surface area contributed by atoms with Gasteiger partial charge in [0, 0.05) is 43.5 Å². The summed E-state index contributed by atoms with van der Waals surface area (Å²) in [5.74, 6) is 1.05. The first-order valence-electron chi connectivity index (χ1n) is 8.03. The molecule has 2 heterocycles. The van der Waals surface area contributed by atoms with Crippen LogP contribution in [0.5, 0.6) is 0 Å². The summed E-state index contributed by atoms with van der Waals surface area (Å²) in [4.78, 5) is 14.2. The van der Waals surface area contributed by atoms with Crippen molar-refractivity contribution >= 4 is 23.1 Å². The zero-order valence-corrected chi connectivity index (χ0v) is 13.3. The third kappa shape index (κ3) is 4.25. The zero-order chi connectivity index (χ0) is 16.1. The average molecular weight is 314 g/mol. The normalized spacial score (nSPS) is 14.0. The summed E-state index contributed by atoms with van der Waals surface area (Å²) in [6, 6.07) is 10.1. The Morgan fingerprint density at radius 1 is 1.26 bits per heavy atom. The number of rotatable bonds is 6. The van der Waals surface area contributed by atoms with E-state index in [1.807, 2.05) is 0 Å². The second kappa shape index (κ2) is 7.17. The van der Waals surface area contributed by atoms with Crippen LogP contribution in [0.25, 0.3) is 0 Å². The number of aromatic nitrogens is 1. The van der Waals surface area contributed by atoms with Gasteiger partial charge in [0.05, 0.1) is 0 Å². The van der Waals surface area contributed by atoms with Gasteiger partial charge < -0.3 is 20.1 Å². The fourth-order valence-electron chi connectivity index (χ4n) is 2.72. The van der Waals surface area contributed by atoms with Crippen molar-refractivity contribution < 1.29 is 9.32 Å². The minimum absolute atomic E-state index is 0.0838. The van der Waals surface area contributed by atoms with Crippen molar-refractivity contribution in [2.75, 3.05) is 35.2 Å². The summed E-state index contributed by atoms with van der Waals surface area (Å²) in [7, 11) is 0. The smallest absolute Gasteiger partial charge is 0.227 e. The van der Waals surface area contributed by atoms with E-state index < -0.39 is 0 Å². The predicted molar refractivity (Wildman–Crippen MR) is 90.9 cm³/mol. The van der Waals surface area contributed by atoms with E-state index in [1.165, 1.54) is 18.5 Å². The number of anilines is 3. The lowest BCUT2D eigenvalue weighted by atomic mass is 10.2. The van der Waals surface area contributed by atoms with Crippen LogP contribution in [-0.4, -0.2) is 30.7 Å². The molecule has 0 atom stereocenters. The minimum atomic E-state index is -0.0838. The molecule has 23 heavy (non-hydrogen) atoms. The van der Waals surface area contributed by atoms with E-state index in [2.05, 4.69) is 45.0 Å². The van der Waals surface area contributed by atoms with E-state index in [-0.39, 0.29) is 5.91 Å². The number of aryl methyl sites for hydroxylation is 1. The summed E-state index contributed by atoms with van der Waals surface area (Å²) in [6.45, 7) is 4.66. The van der Waals surface area contributed by atoms with Crippen LogP contribution in [0.15, 0.2) is 34.9 Å². The Morgan fingerprint density at radius 3 is 2.65 bits per heavy atom. The molecule has 2 aromatic rings. The van der Waals surface area contributed by atoms with Crippen molar-refractivity contribution in [2.45, 2.75) is 26.2 Å². The molecular formula is C17H22N4O2. The van der Waals surface area contributed by atoms with E-state index in [4.69, 9.17) is 4.52 Å². The lowest BCUT2D eigenvalue weighted by molar-refractivity contribution is -0.116. The van der Waals surface area contributed by atoms with Gasteiger partial charge in [-0.2, -0.15) is 0 Å². The fourth-order valence-corrected chi connectivity index (χ4v) is 2.72. The molecule has 0 spiro atoms. The van der Waals surface area contributed by atoms with Crippen molar-refractivity contribution in [3.05, 3.63) is 36.1 Å². The monoisotopic (exact) mass is 314 g/mol. The van der Waals surface area contributed by atoms with Gasteiger partial charge in [-0.05, 0) is 44.0 Å². The number of carbonyl (C=O) groups excluding carboxylic acids is 1. The molecule has 1 aromatic heterocycles. The van der Waals surface area contributed by atoms with Crippen LogP contribution in [0.3, 0.4) is 0 Å². The molecule has 122 valence electrons. The van der Waals surface area contributed by atoms with Crippen molar-refractivity contribution in [3.63, 3.8) is 0 Å². The lowest BCUT2D eigenvalue weighted by Crippen LogP contribution is -2.18. The standard InChI is InChI=1S/C17H22N4O2/c1-13-12-16(20-23-13)19-17(22)8-9-18-14-4-6-15(7-5-14)21-10-2-3-11-21/h4-7,12,18H,2-3,8-11H2,1H3,(H,19,20,22). The Hall–Kier alpha value is -2.50. The number of nitrogens with zero attached hydrogens (tertiary/aromatic N) is 2. The van der Waals surface area contributed by atoms with Crippen molar-refractivity contribution in [3.8, 4) is 0 Å². The summed E-state index contributed by atoms with van der Waals surface area (Å²) < 4.78 is 4.91. The van der Waals surface area contributed by atoms with Gasteiger partial charge in [-0.3, -0.25) is 4.79 Å². The Kier molecular flexibility index (Phi) is 4.80. The molecule has 0 bridgehead atoms. The van der Waals surface area contributed by atoms with Gasteiger partial charge in [-0.15, -0.1) is 0 Å². The van der Waals surface area contributed by atoms with Crippen LogP contribution >= 0.6 is 0 Å². The molecule has 1 amide bonds. The molecule has 0 saturated carbocycles. The molecule has 1 fully saturated rings. The number of hydrogen-bond acceptors (Lipinski definition) is 5. The first-order valence-corrected chi connectivity index (χ1v) is 8.03. The topological polar surface area (TPSA) is 70.4 Å². The molecular weight excluding hydrogens is 292 g/mol. The first kappa shape index (κ1) is 15.4. The highest BCUT2D eigenvalue weighted by atomic mass is 16.5. The van der Waals surface area contributed by atoms with Gasteiger partial charge in [0.1, 0.15) is 5.76 Å². The Morgan fingerprint density at radius 2 is 2.00 bits per heavy atom. The van der Waals surface area contributed by atoms with Crippen molar-refractivity contribution in [1.29, 1.82) is 0 Å². The maximum absolute atomic E-state index is 11.8. The van der Waals surface area contributed by atoms with E-state index in [9.17, 15) is 4.79 Å². The molecule has 6 heteroatoms. The van der Waals surface area contributed by atoms with Gasteiger partial charge in [-0.1, -0.05) is 5.16 Å². The number of carbonyl (C=O) groups is 1. The molecule has 6 nitrogen and oxygen atoms in total. The molecule has 1 aliphatic heterocycles. The van der Waals surface area contributed by atoms with Gasteiger partial charge >= 0.3 is 0 Å². The lowest BCUT2D eigenvalue weighted by Gasteiger charge is -2.18. The SMILES string of the molecule is Cc1cc(NC(=O)CCNc2ccc(N3CCCC3)cc2)no1. The first-order chi connectivity index (χ1) is 11.2. The number of nitrogens with one attached hydrogen (secondary N) is 2. The third-order valence-corrected chi connectivity index (χ3v) is 3.92. The van der Waals surface area contributed by atoms with Gasteiger partial charge in [0.25, 0.3) is 0 Å². The predicted octanol–water partition coefficient (Wildman–Crippen LogP) is 3.02. The number of benzene rings is 1. The van der Waals surface area contributed by atoms with Crippen LogP contribution in [0.2, 0.25) is 0 Å². The molecule has 0 aliphatic carbocycles. The van der Waals surface area contributed by atoms with E-state index >= 15 is 0 Å². The minimum Gasteiger partial charge on any atom is -0.385 e. The highest BCUT2D eigenvalue weighted by Crippen LogP contribution is 2.21. The molecule has 1 aliphatic rings. The van der Waals surface area contributed by atoms with Crippen molar-refractivity contribution in [2.24, 2.45) is 0 Å². The van der Waals surface area contributed by atoms with E-state index in [1.54, 1.807) is 13.0 Å². The molecule has 1 aromatic carbocycles. The van der Waals surface area contributed by atoms with Crippen LogP contribution in [0.1, 0.15) is 25.0 Å². The van der Waals surface area contributed by atoms with Crippen LogP contribution in [-0.2, 0) is 4.79 Å². The number of amides is 1. The largest absolute Gasteiger partial charge is 0.385 e. The maximum atomic E-state index is 11.8. The summed E-state index contributed by atoms with van der Waals surface area (Å²) in [5, 5.41) is 9.70. The summed E-state index contributed by atoms with van der Waals surface area (Å²) in [6.07, 6.45) is 2.93. The highest BCUT2D eigenvalue weighted by Gasteiger charge is 2.11. The van der Waals surface area contributed by atoms with Gasteiger partial charge in [-0.25, -0.2) is 0 Å². The molecule has 3 rings (SSSR count). The van der Waals surface area contributed by atoms with Crippen molar-refractivity contribution in [1.82, 2.24) is 5.16 Å². The van der Waals surface area contributed by atoms with E-state index in [0.29, 0.717) is 24.5 Å². The van der Waals surface area contributed by atoms with Crippen LogP contribution in [0.4, 0.5) is 17.2 Å². The second-order valence-electron chi connectivity index (χ2n) is 5.79. The molecule has 1 saturated heterocycles. The Balaban J connectivity index is 1.42. The molecule has 2 N–H and O–H groups in total. The Bertz CT molecular complexity index is 645. The highest BCUT2D eigenvalue weighted by molar-refractivity contribution is 5.90. The second-order valence-corrected chi connectivity index (χ2v) is 5.79. The van der Waals surface area contributed by atoms with E-state index in [0.717, 1.165) is 18.8 Å². The van der Waals surface area contributed by atoms with Crippen LogP contribution in [0, 0.1) is 6.92 Å². The van der Waals surface area contributed by atoms with Crippen LogP contribution < -0.4 is 15.5 Å². The summed E-state index contributed by atoms with van der Waals surface area (Å²) >= 11 is 0. The number of hydrogen-bond donors (Lipinski definition) is 2. The quantitative estimate of drug-likeness (QED) is 0.857.